The number of carbonyl (C=O) groups is 2. The fourth-order valence-electron chi connectivity index (χ4n) is 4.81. The van der Waals surface area contributed by atoms with Crippen molar-refractivity contribution in [3.05, 3.63) is 82.9 Å². The number of ketones is 1. The molecule has 3 aromatic rings. The van der Waals surface area contributed by atoms with Crippen LogP contribution in [0.5, 0.6) is 11.5 Å². The Bertz CT molecular complexity index is 1260. The molecule has 5 nitrogen and oxygen atoms in total. The molecule has 0 unspecified atom stereocenters. The normalized spacial score (nSPS) is 15.3. The van der Waals surface area contributed by atoms with Gasteiger partial charge in [-0.05, 0) is 70.8 Å². The molecule has 0 atom stereocenters. The molecule has 0 spiro atoms. The fourth-order valence-corrected chi connectivity index (χ4v) is 4.81. The third-order valence-electron chi connectivity index (χ3n) is 7.00. The van der Waals surface area contributed by atoms with Gasteiger partial charge in [0.15, 0.2) is 11.5 Å². The first kappa shape index (κ1) is 22.2. The van der Waals surface area contributed by atoms with Crippen LogP contribution in [0.2, 0.25) is 0 Å². The number of fused-ring (bicyclic) bond motifs is 1. The lowest BCUT2D eigenvalue weighted by Crippen LogP contribution is -2.22. The number of benzene rings is 3. The van der Waals surface area contributed by atoms with Gasteiger partial charge in [0.2, 0.25) is 6.79 Å². The van der Waals surface area contributed by atoms with Gasteiger partial charge in [-0.3, -0.25) is 9.59 Å². The summed E-state index contributed by atoms with van der Waals surface area (Å²) in [5, 5.41) is 2.66. The number of ether oxygens (including phenoxy) is 2. The molecule has 1 heterocycles. The third-order valence-corrected chi connectivity index (χ3v) is 7.00. The summed E-state index contributed by atoms with van der Waals surface area (Å²) in [5.74, 6) is 1.93. The summed E-state index contributed by atoms with van der Waals surface area (Å²) in [6.07, 6.45) is 2.11. The van der Waals surface area contributed by atoms with Crippen molar-refractivity contribution >= 4 is 11.7 Å². The van der Waals surface area contributed by atoms with Crippen molar-refractivity contribution in [3.63, 3.8) is 0 Å². The Balaban J connectivity index is 1.42. The average Bonchev–Trinajstić information content (AvgIpc) is 3.54. The number of Topliss-reactive ketones (excluding diaryl/α,β-unsaturated/α-hetero) is 1. The van der Waals surface area contributed by atoms with Crippen LogP contribution in [0.4, 0.5) is 0 Å². The molecule has 174 valence electrons. The summed E-state index contributed by atoms with van der Waals surface area (Å²) in [4.78, 5) is 25.4. The highest BCUT2D eigenvalue weighted by Crippen LogP contribution is 2.51. The Labute approximate surface area is 200 Å². The average molecular weight is 456 g/mol. The number of rotatable bonds is 7. The van der Waals surface area contributed by atoms with Gasteiger partial charge < -0.3 is 14.8 Å². The lowest BCUT2D eigenvalue weighted by Gasteiger charge is -2.18. The van der Waals surface area contributed by atoms with Gasteiger partial charge in [0.1, 0.15) is 5.78 Å². The van der Waals surface area contributed by atoms with Crippen molar-refractivity contribution in [1.29, 1.82) is 0 Å². The predicted molar refractivity (Wildman–Crippen MR) is 132 cm³/mol. The van der Waals surface area contributed by atoms with E-state index >= 15 is 0 Å². The van der Waals surface area contributed by atoms with Gasteiger partial charge in [-0.2, -0.15) is 0 Å². The van der Waals surface area contributed by atoms with Gasteiger partial charge in [0, 0.05) is 19.0 Å². The smallest absolute Gasteiger partial charge is 0.251 e. The molecule has 0 radical (unpaired) electrons. The van der Waals surface area contributed by atoms with Crippen LogP contribution >= 0.6 is 0 Å². The van der Waals surface area contributed by atoms with E-state index < -0.39 is 5.41 Å². The van der Waals surface area contributed by atoms with E-state index in [4.69, 9.17) is 9.47 Å². The highest BCUT2D eigenvalue weighted by molar-refractivity contribution is 5.95. The van der Waals surface area contributed by atoms with Crippen LogP contribution in [0.1, 0.15) is 59.7 Å². The van der Waals surface area contributed by atoms with Crippen molar-refractivity contribution in [2.24, 2.45) is 0 Å². The number of amides is 1. The minimum atomic E-state index is -0.424. The summed E-state index contributed by atoms with van der Waals surface area (Å²) < 4.78 is 11.0. The quantitative estimate of drug-likeness (QED) is 0.517. The minimum absolute atomic E-state index is 0.103. The molecule has 1 aliphatic heterocycles. The summed E-state index contributed by atoms with van der Waals surface area (Å²) in [7, 11) is 1.63. The van der Waals surface area contributed by atoms with E-state index in [0.717, 1.165) is 46.6 Å². The largest absolute Gasteiger partial charge is 0.454 e. The molecule has 0 saturated heterocycles. The summed E-state index contributed by atoms with van der Waals surface area (Å²) in [6.45, 7) is 4.57. The Morgan fingerprint density at radius 3 is 2.35 bits per heavy atom. The molecule has 1 aliphatic carbocycles. The van der Waals surface area contributed by atoms with Gasteiger partial charge in [0.05, 0.1) is 5.41 Å². The van der Waals surface area contributed by atoms with E-state index in [9.17, 15) is 9.59 Å². The second-order valence-electron chi connectivity index (χ2n) is 9.48. The van der Waals surface area contributed by atoms with Crippen molar-refractivity contribution in [2.45, 2.75) is 44.4 Å². The fraction of sp³-hybridized carbons (Fsp3) is 0.310. The Kier molecular flexibility index (Phi) is 5.64. The van der Waals surface area contributed by atoms with E-state index in [0.29, 0.717) is 17.9 Å². The highest BCUT2D eigenvalue weighted by atomic mass is 16.7. The molecule has 34 heavy (non-hydrogen) atoms. The molecule has 1 amide bonds. The van der Waals surface area contributed by atoms with Crippen LogP contribution in [0.3, 0.4) is 0 Å². The third kappa shape index (κ3) is 3.96. The van der Waals surface area contributed by atoms with E-state index in [1.807, 2.05) is 42.5 Å². The zero-order valence-corrected chi connectivity index (χ0v) is 19.8. The molecule has 3 aromatic carbocycles. The van der Waals surface area contributed by atoms with E-state index in [2.05, 4.69) is 37.4 Å². The summed E-state index contributed by atoms with van der Waals surface area (Å²) >= 11 is 0. The monoisotopic (exact) mass is 455 g/mol. The Morgan fingerprint density at radius 1 is 0.941 bits per heavy atom. The number of carbonyl (C=O) groups excluding carboxylic acids is 2. The standard InChI is InChI=1S/C29H29NO4/c1-18(2)23-10-4-19(14-24(23)20-5-7-21(8-6-20)28(32)30-3)15-27(31)29(12-13-29)22-9-11-25-26(16-22)34-17-33-25/h4-11,14,16,18H,12-13,15,17H2,1-3H3,(H,30,32). The van der Waals surface area contributed by atoms with Gasteiger partial charge in [-0.25, -0.2) is 0 Å². The van der Waals surface area contributed by atoms with Crippen molar-refractivity contribution in [1.82, 2.24) is 5.32 Å². The molecule has 1 saturated carbocycles. The SMILES string of the molecule is CNC(=O)c1ccc(-c2cc(CC(=O)C3(c4ccc5c(c4)OCO5)CC3)ccc2C(C)C)cc1. The highest BCUT2D eigenvalue weighted by Gasteiger charge is 2.50. The molecule has 5 rings (SSSR count). The molecular weight excluding hydrogens is 426 g/mol. The van der Waals surface area contributed by atoms with Crippen LogP contribution in [-0.4, -0.2) is 25.5 Å². The van der Waals surface area contributed by atoms with Crippen LogP contribution in [-0.2, 0) is 16.6 Å². The minimum Gasteiger partial charge on any atom is -0.454 e. The molecule has 5 heteroatoms. The lowest BCUT2D eigenvalue weighted by atomic mass is 9.85. The molecule has 1 N–H and O–H groups in total. The molecule has 1 fully saturated rings. The van der Waals surface area contributed by atoms with E-state index in [-0.39, 0.29) is 18.5 Å². The van der Waals surface area contributed by atoms with Crippen LogP contribution < -0.4 is 14.8 Å². The van der Waals surface area contributed by atoms with E-state index in [1.165, 1.54) is 5.56 Å². The van der Waals surface area contributed by atoms with Crippen LogP contribution in [0.15, 0.2) is 60.7 Å². The van der Waals surface area contributed by atoms with Crippen LogP contribution in [0.25, 0.3) is 11.1 Å². The first-order chi connectivity index (χ1) is 16.4. The lowest BCUT2D eigenvalue weighted by molar-refractivity contribution is -0.120. The predicted octanol–water partition coefficient (Wildman–Crippen LogP) is 5.41. The second kappa shape index (κ2) is 8.64. The van der Waals surface area contributed by atoms with Gasteiger partial charge in [-0.1, -0.05) is 50.2 Å². The Morgan fingerprint density at radius 2 is 1.68 bits per heavy atom. The maximum absolute atomic E-state index is 13.5. The second-order valence-corrected chi connectivity index (χ2v) is 9.48. The zero-order valence-electron chi connectivity index (χ0n) is 19.8. The zero-order chi connectivity index (χ0) is 23.9. The molecule has 0 bridgehead atoms. The number of hydrogen-bond donors (Lipinski definition) is 1. The van der Waals surface area contributed by atoms with E-state index in [1.54, 1.807) is 7.05 Å². The molecule has 0 aromatic heterocycles. The Hall–Kier alpha value is -3.60. The van der Waals surface area contributed by atoms with Gasteiger partial charge >= 0.3 is 0 Å². The van der Waals surface area contributed by atoms with Crippen LogP contribution in [0, 0.1) is 0 Å². The first-order valence-corrected chi connectivity index (χ1v) is 11.8. The maximum Gasteiger partial charge on any atom is 0.251 e. The van der Waals surface area contributed by atoms with Gasteiger partial charge in [-0.15, -0.1) is 0 Å². The summed E-state index contributed by atoms with van der Waals surface area (Å²) in [6, 6.07) is 19.9. The summed E-state index contributed by atoms with van der Waals surface area (Å²) in [5.41, 5.74) is 5.60. The van der Waals surface area contributed by atoms with Crippen molar-refractivity contribution in [3.8, 4) is 22.6 Å². The maximum atomic E-state index is 13.5. The number of hydrogen-bond acceptors (Lipinski definition) is 4. The van der Waals surface area contributed by atoms with Gasteiger partial charge in [0.25, 0.3) is 5.91 Å². The van der Waals surface area contributed by atoms with Crippen molar-refractivity contribution in [2.75, 3.05) is 13.8 Å². The topological polar surface area (TPSA) is 64.6 Å². The van der Waals surface area contributed by atoms with Crippen molar-refractivity contribution < 1.29 is 19.1 Å². The first-order valence-electron chi connectivity index (χ1n) is 11.8. The number of nitrogens with one attached hydrogen (secondary N) is 1. The molecular formula is C29H29NO4. The molecule has 2 aliphatic rings.